The summed E-state index contributed by atoms with van der Waals surface area (Å²) in [5.74, 6) is 2.65. The first-order valence-corrected chi connectivity index (χ1v) is 14.2. The smallest absolute Gasteiger partial charge is 0.384 e. The van der Waals surface area contributed by atoms with Gasteiger partial charge < -0.3 is 5.32 Å². The standard InChI is InChI=1S/C34H44BN3/c1-23(2)22-36-31-17-13-14-26(7)32(31)34-37(9)18-19-38(34)35(8)33-29(24(3)4)20-28(21-30(33)25(5)6)27-15-11-10-12-16-27/h10-21,23-25H,22H2,1-9H3/p+1. The minimum atomic E-state index is 0.184. The molecule has 1 aromatic heterocycles. The fraction of sp³-hybridized carbons (Fsp3) is 0.382. The molecule has 0 bridgehead atoms. The highest BCUT2D eigenvalue weighted by molar-refractivity contribution is 6.65. The first-order chi connectivity index (χ1) is 18.1. The molecular formula is C34H45BN3+. The van der Waals surface area contributed by atoms with E-state index in [0.717, 1.165) is 6.54 Å². The van der Waals surface area contributed by atoms with Crippen molar-refractivity contribution in [1.82, 2.24) is 4.57 Å². The minimum Gasteiger partial charge on any atom is -0.384 e. The molecule has 0 aliphatic rings. The van der Waals surface area contributed by atoms with Crippen LogP contribution in [0.5, 0.6) is 0 Å². The molecule has 3 nitrogen and oxygen atoms in total. The van der Waals surface area contributed by atoms with Crippen LogP contribution in [0.25, 0.3) is 22.5 Å². The van der Waals surface area contributed by atoms with E-state index in [0.29, 0.717) is 17.8 Å². The number of nitrogens with zero attached hydrogens (tertiary/aromatic N) is 2. The monoisotopic (exact) mass is 506 g/mol. The van der Waals surface area contributed by atoms with Gasteiger partial charge in [0.1, 0.15) is 12.4 Å². The molecule has 198 valence electrons. The lowest BCUT2D eigenvalue weighted by atomic mass is 9.53. The topological polar surface area (TPSA) is 20.8 Å². The van der Waals surface area contributed by atoms with Gasteiger partial charge in [0, 0.05) is 12.2 Å². The van der Waals surface area contributed by atoms with Crippen molar-refractivity contribution in [3.8, 4) is 22.5 Å². The highest BCUT2D eigenvalue weighted by Crippen LogP contribution is 2.31. The summed E-state index contributed by atoms with van der Waals surface area (Å²) < 4.78 is 4.76. The molecule has 0 radical (unpaired) electrons. The second-order valence-electron chi connectivity index (χ2n) is 11.8. The molecule has 0 unspecified atom stereocenters. The van der Waals surface area contributed by atoms with E-state index in [1.807, 2.05) is 0 Å². The molecule has 0 saturated heterocycles. The number of benzene rings is 3. The maximum Gasteiger partial charge on any atom is 0.409 e. The van der Waals surface area contributed by atoms with E-state index in [9.17, 15) is 0 Å². The van der Waals surface area contributed by atoms with Gasteiger partial charge in [-0.1, -0.05) is 96.1 Å². The van der Waals surface area contributed by atoms with Gasteiger partial charge in [0.05, 0.1) is 12.6 Å². The van der Waals surface area contributed by atoms with Gasteiger partial charge in [-0.15, -0.1) is 0 Å². The second-order valence-corrected chi connectivity index (χ2v) is 11.8. The van der Waals surface area contributed by atoms with Crippen LogP contribution in [0.15, 0.2) is 73.1 Å². The quantitative estimate of drug-likeness (QED) is 0.231. The Kier molecular flexibility index (Phi) is 8.50. The molecule has 0 atom stereocenters. The maximum atomic E-state index is 3.73. The van der Waals surface area contributed by atoms with Crippen LogP contribution in [0.3, 0.4) is 0 Å². The van der Waals surface area contributed by atoms with E-state index in [1.54, 1.807) is 0 Å². The molecule has 0 aliphatic heterocycles. The van der Waals surface area contributed by atoms with Gasteiger partial charge >= 0.3 is 6.85 Å². The minimum absolute atomic E-state index is 0.184. The van der Waals surface area contributed by atoms with Gasteiger partial charge in [0.2, 0.25) is 0 Å². The fourth-order valence-electron chi connectivity index (χ4n) is 5.61. The van der Waals surface area contributed by atoms with Crippen molar-refractivity contribution in [2.24, 2.45) is 13.0 Å². The number of aromatic nitrogens is 2. The first-order valence-electron chi connectivity index (χ1n) is 14.2. The lowest BCUT2D eigenvalue weighted by Crippen LogP contribution is -2.59. The van der Waals surface area contributed by atoms with Crippen LogP contribution < -0.4 is 15.3 Å². The van der Waals surface area contributed by atoms with Gasteiger partial charge in [-0.3, -0.25) is 4.48 Å². The third-order valence-corrected chi connectivity index (χ3v) is 7.66. The normalized spacial score (nSPS) is 11.6. The molecule has 1 heterocycles. The molecule has 38 heavy (non-hydrogen) atoms. The molecule has 1 N–H and O–H groups in total. The van der Waals surface area contributed by atoms with Crippen molar-refractivity contribution in [2.45, 2.75) is 67.1 Å². The van der Waals surface area contributed by atoms with E-state index in [2.05, 4.69) is 150 Å². The van der Waals surface area contributed by atoms with E-state index < -0.39 is 0 Å². The summed E-state index contributed by atoms with van der Waals surface area (Å²) in [5.41, 5.74) is 10.7. The zero-order valence-electron chi connectivity index (χ0n) is 24.8. The van der Waals surface area contributed by atoms with Gasteiger partial charge in [0.15, 0.2) is 0 Å². The van der Waals surface area contributed by atoms with Gasteiger partial charge in [-0.25, -0.2) is 4.57 Å². The van der Waals surface area contributed by atoms with Crippen molar-refractivity contribution in [1.29, 1.82) is 0 Å². The van der Waals surface area contributed by atoms with E-state index >= 15 is 0 Å². The zero-order chi connectivity index (χ0) is 27.6. The molecule has 3 aromatic carbocycles. The Morgan fingerprint density at radius 1 is 0.842 bits per heavy atom. The Balaban J connectivity index is 1.92. The third-order valence-electron chi connectivity index (χ3n) is 7.66. The predicted octanol–water partition coefficient (Wildman–Crippen LogP) is 7.65. The summed E-state index contributed by atoms with van der Waals surface area (Å²) in [6.07, 6.45) is 4.46. The second kappa shape index (κ2) is 11.6. The van der Waals surface area contributed by atoms with Crippen molar-refractivity contribution in [3.05, 3.63) is 89.7 Å². The van der Waals surface area contributed by atoms with E-state index in [4.69, 9.17) is 0 Å². The summed E-state index contributed by atoms with van der Waals surface area (Å²) in [7, 11) is 2.17. The fourth-order valence-corrected chi connectivity index (χ4v) is 5.61. The molecule has 0 amide bonds. The van der Waals surface area contributed by atoms with Crippen molar-refractivity contribution in [2.75, 3.05) is 11.9 Å². The molecule has 0 fully saturated rings. The molecule has 0 spiro atoms. The number of hydrogen-bond donors (Lipinski definition) is 1. The largest absolute Gasteiger partial charge is 0.409 e. The van der Waals surface area contributed by atoms with Crippen molar-refractivity contribution < 1.29 is 4.48 Å². The summed E-state index contributed by atoms with van der Waals surface area (Å²) >= 11 is 0. The molecule has 0 aliphatic carbocycles. The highest BCUT2D eigenvalue weighted by atomic mass is 15.1. The Bertz CT molecular complexity index is 1350. The van der Waals surface area contributed by atoms with Gasteiger partial charge in [0.25, 0.3) is 5.82 Å². The van der Waals surface area contributed by atoms with Gasteiger partial charge in [-0.2, -0.15) is 0 Å². The van der Waals surface area contributed by atoms with Crippen LogP contribution in [0.1, 0.15) is 70.1 Å². The van der Waals surface area contributed by atoms with E-state index in [-0.39, 0.29) is 6.85 Å². The van der Waals surface area contributed by atoms with Crippen LogP contribution >= 0.6 is 0 Å². The lowest BCUT2D eigenvalue weighted by molar-refractivity contribution is -0.521. The SMILES string of the molecule is CB(c1c(C(C)C)cc(-c2ccccc2)cc1C(C)C)[n+]1ccn(C)c1-c1c(C)cccc1NCC(C)C. The van der Waals surface area contributed by atoms with Crippen LogP contribution in [-0.2, 0) is 7.05 Å². The lowest BCUT2D eigenvalue weighted by Gasteiger charge is -2.24. The average Bonchev–Trinajstić information content (AvgIpc) is 3.27. The predicted molar refractivity (Wildman–Crippen MR) is 166 cm³/mol. The Morgan fingerprint density at radius 3 is 2.05 bits per heavy atom. The summed E-state index contributed by atoms with van der Waals surface area (Å²) in [6, 6.07) is 22.3. The molecule has 4 heteroatoms. The molecule has 0 saturated carbocycles. The maximum absolute atomic E-state index is 3.73. The van der Waals surface area contributed by atoms with Crippen LogP contribution in [-0.4, -0.2) is 18.0 Å². The molecule has 4 aromatic rings. The third kappa shape index (κ3) is 5.60. The number of hydrogen-bond acceptors (Lipinski definition) is 1. The van der Waals surface area contributed by atoms with Crippen molar-refractivity contribution in [3.63, 3.8) is 0 Å². The van der Waals surface area contributed by atoms with Crippen LogP contribution in [0.4, 0.5) is 5.69 Å². The number of rotatable bonds is 9. The number of imidazole rings is 1. The summed E-state index contributed by atoms with van der Waals surface area (Å²) in [6.45, 7) is 19.6. The molecule has 4 rings (SSSR count). The van der Waals surface area contributed by atoms with E-state index in [1.165, 1.54) is 50.4 Å². The number of aryl methyl sites for hydroxylation is 2. The number of anilines is 1. The van der Waals surface area contributed by atoms with Crippen molar-refractivity contribution >= 4 is 18.0 Å². The Morgan fingerprint density at radius 2 is 1.47 bits per heavy atom. The number of nitrogens with one attached hydrogen (secondary N) is 1. The van der Waals surface area contributed by atoms with Gasteiger partial charge in [-0.05, 0) is 70.8 Å². The Labute approximate surface area is 231 Å². The summed E-state index contributed by atoms with van der Waals surface area (Å²) in [4.78, 5) is 0. The highest BCUT2D eigenvalue weighted by Gasteiger charge is 2.34. The summed E-state index contributed by atoms with van der Waals surface area (Å²) in [5, 5.41) is 3.73. The average molecular weight is 507 g/mol. The van der Waals surface area contributed by atoms with Crippen LogP contribution in [0, 0.1) is 12.8 Å². The molecular weight excluding hydrogens is 461 g/mol. The zero-order valence-corrected chi connectivity index (χ0v) is 24.8. The Hall–Kier alpha value is -3.27. The van der Waals surface area contributed by atoms with Crippen LogP contribution in [0.2, 0.25) is 6.82 Å². The first kappa shape index (κ1) is 27.8.